The summed E-state index contributed by atoms with van der Waals surface area (Å²) >= 11 is 0. The largest absolute Gasteiger partial charge is 0.481 e. The summed E-state index contributed by atoms with van der Waals surface area (Å²) in [4.78, 5) is 11.0. The molecule has 2 aliphatic carbocycles. The molecule has 0 aliphatic heterocycles. The van der Waals surface area contributed by atoms with Crippen LogP contribution in [0.25, 0.3) is 0 Å². The van der Waals surface area contributed by atoms with Gasteiger partial charge in [-0.3, -0.25) is 9.48 Å². The minimum atomic E-state index is -0.638. The van der Waals surface area contributed by atoms with Gasteiger partial charge in [0.1, 0.15) is 0 Å². The molecule has 2 atom stereocenters. The molecule has 2 fully saturated rings. The fourth-order valence-corrected chi connectivity index (χ4v) is 3.27. The SMILES string of the molecule is O=C(O)C1CCC1Cc1ccn(C2CCCC2)n1. The molecule has 1 heterocycles. The number of carboxylic acids is 1. The molecule has 0 aromatic carbocycles. The van der Waals surface area contributed by atoms with Gasteiger partial charge in [0.2, 0.25) is 0 Å². The minimum absolute atomic E-state index is 0.137. The number of hydrogen-bond acceptors (Lipinski definition) is 2. The zero-order valence-electron chi connectivity index (χ0n) is 10.6. The quantitative estimate of drug-likeness (QED) is 0.891. The van der Waals surface area contributed by atoms with Crippen molar-refractivity contribution < 1.29 is 9.90 Å². The minimum Gasteiger partial charge on any atom is -0.481 e. The van der Waals surface area contributed by atoms with Crippen molar-refractivity contribution in [2.24, 2.45) is 11.8 Å². The van der Waals surface area contributed by atoms with Gasteiger partial charge in [0.05, 0.1) is 17.7 Å². The first kappa shape index (κ1) is 11.8. The van der Waals surface area contributed by atoms with Crippen molar-refractivity contribution in [2.45, 2.75) is 51.0 Å². The Morgan fingerprint density at radius 2 is 2.11 bits per heavy atom. The predicted molar refractivity (Wildman–Crippen MR) is 67.3 cm³/mol. The maximum Gasteiger partial charge on any atom is 0.306 e. The second kappa shape index (κ2) is 4.75. The van der Waals surface area contributed by atoms with Crippen molar-refractivity contribution in [1.82, 2.24) is 9.78 Å². The van der Waals surface area contributed by atoms with Gasteiger partial charge in [-0.05, 0) is 44.1 Å². The molecule has 0 amide bonds. The third-order valence-corrected chi connectivity index (χ3v) is 4.57. The topological polar surface area (TPSA) is 55.1 Å². The standard InChI is InChI=1S/C14H20N2O2/c17-14(18)13-6-5-10(13)9-11-7-8-16(15-11)12-3-1-2-4-12/h7-8,10,12-13H,1-6,9H2,(H,17,18). The summed E-state index contributed by atoms with van der Waals surface area (Å²) in [5, 5.41) is 13.7. The van der Waals surface area contributed by atoms with E-state index in [0.717, 1.165) is 25.0 Å². The summed E-state index contributed by atoms with van der Waals surface area (Å²) < 4.78 is 2.09. The Hall–Kier alpha value is -1.32. The number of aliphatic carboxylic acids is 1. The van der Waals surface area contributed by atoms with Gasteiger partial charge in [0, 0.05) is 6.20 Å². The normalized spacial score (nSPS) is 28.2. The van der Waals surface area contributed by atoms with E-state index in [9.17, 15) is 4.79 Å². The highest BCUT2D eigenvalue weighted by Crippen LogP contribution is 2.37. The Bertz CT molecular complexity index is 435. The first-order chi connectivity index (χ1) is 8.74. The Kier molecular flexibility index (Phi) is 3.10. The van der Waals surface area contributed by atoms with Gasteiger partial charge in [0.25, 0.3) is 0 Å². The second-order valence-corrected chi connectivity index (χ2v) is 5.71. The van der Waals surface area contributed by atoms with Crippen LogP contribution in [-0.4, -0.2) is 20.9 Å². The molecular weight excluding hydrogens is 228 g/mol. The van der Waals surface area contributed by atoms with Crippen LogP contribution in [0.4, 0.5) is 0 Å². The van der Waals surface area contributed by atoms with Crippen molar-refractivity contribution in [3.8, 4) is 0 Å². The lowest BCUT2D eigenvalue weighted by Gasteiger charge is -2.32. The molecule has 1 aromatic rings. The van der Waals surface area contributed by atoms with E-state index in [2.05, 4.69) is 22.0 Å². The lowest BCUT2D eigenvalue weighted by molar-refractivity contribution is -0.147. The molecule has 4 heteroatoms. The molecule has 2 aliphatic rings. The highest BCUT2D eigenvalue weighted by atomic mass is 16.4. The summed E-state index contributed by atoms with van der Waals surface area (Å²) in [5.41, 5.74) is 1.07. The van der Waals surface area contributed by atoms with Gasteiger partial charge < -0.3 is 5.11 Å². The number of aromatic nitrogens is 2. The summed E-state index contributed by atoms with van der Waals surface area (Å²) in [7, 11) is 0. The highest BCUT2D eigenvalue weighted by Gasteiger charge is 2.36. The van der Waals surface area contributed by atoms with Crippen LogP contribution in [0.3, 0.4) is 0 Å². The second-order valence-electron chi connectivity index (χ2n) is 5.71. The van der Waals surface area contributed by atoms with E-state index in [0.29, 0.717) is 12.0 Å². The number of carboxylic acid groups (broad SMARTS) is 1. The fourth-order valence-electron chi connectivity index (χ4n) is 3.27. The summed E-state index contributed by atoms with van der Waals surface area (Å²) in [6.45, 7) is 0. The van der Waals surface area contributed by atoms with Crippen molar-refractivity contribution in [1.29, 1.82) is 0 Å². The molecular formula is C14H20N2O2. The molecule has 0 spiro atoms. The van der Waals surface area contributed by atoms with E-state index in [4.69, 9.17) is 5.11 Å². The molecule has 4 nitrogen and oxygen atoms in total. The van der Waals surface area contributed by atoms with E-state index in [1.807, 2.05) is 0 Å². The van der Waals surface area contributed by atoms with Gasteiger partial charge >= 0.3 is 5.97 Å². The predicted octanol–water partition coefficient (Wildman–Crippen LogP) is 2.65. The number of hydrogen-bond donors (Lipinski definition) is 1. The van der Waals surface area contributed by atoms with E-state index in [1.54, 1.807) is 0 Å². The zero-order chi connectivity index (χ0) is 12.5. The zero-order valence-corrected chi connectivity index (χ0v) is 10.6. The Labute approximate surface area is 107 Å². The fraction of sp³-hybridized carbons (Fsp3) is 0.714. The van der Waals surface area contributed by atoms with Gasteiger partial charge in [-0.25, -0.2) is 0 Å². The molecule has 0 bridgehead atoms. The third kappa shape index (κ3) is 2.16. The maximum atomic E-state index is 11.0. The van der Waals surface area contributed by atoms with Crippen molar-refractivity contribution >= 4 is 5.97 Å². The average molecular weight is 248 g/mol. The smallest absolute Gasteiger partial charge is 0.306 e. The van der Waals surface area contributed by atoms with Gasteiger partial charge in [-0.15, -0.1) is 0 Å². The van der Waals surface area contributed by atoms with Crippen molar-refractivity contribution in [3.63, 3.8) is 0 Å². The molecule has 0 radical (unpaired) electrons. The maximum absolute atomic E-state index is 11.0. The molecule has 98 valence electrons. The van der Waals surface area contributed by atoms with Crippen LogP contribution in [0.15, 0.2) is 12.3 Å². The number of nitrogens with zero attached hydrogens (tertiary/aromatic N) is 2. The van der Waals surface area contributed by atoms with Crippen LogP contribution in [-0.2, 0) is 11.2 Å². The lowest BCUT2D eigenvalue weighted by Crippen LogP contribution is -2.34. The first-order valence-corrected chi connectivity index (χ1v) is 7.01. The monoisotopic (exact) mass is 248 g/mol. The number of rotatable bonds is 4. The van der Waals surface area contributed by atoms with Gasteiger partial charge in [-0.1, -0.05) is 12.8 Å². The molecule has 2 unspecified atom stereocenters. The van der Waals surface area contributed by atoms with Crippen molar-refractivity contribution in [3.05, 3.63) is 18.0 Å². The number of carbonyl (C=O) groups is 1. The van der Waals surface area contributed by atoms with Crippen molar-refractivity contribution in [2.75, 3.05) is 0 Å². The van der Waals surface area contributed by atoms with E-state index in [-0.39, 0.29) is 5.92 Å². The first-order valence-electron chi connectivity index (χ1n) is 7.01. The molecule has 18 heavy (non-hydrogen) atoms. The molecule has 0 saturated heterocycles. The van der Waals surface area contributed by atoms with Gasteiger partial charge in [-0.2, -0.15) is 5.10 Å². The molecule has 1 aromatic heterocycles. The van der Waals surface area contributed by atoms with Crippen LogP contribution < -0.4 is 0 Å². The van der Waals surface area contributed by atoms with Crippen LogP contribution in [0, 0.1) is 11.8 Å². The Balaban J connectivity index is 1.61. The van der Waals surface area contributed by atoms with Crippen LogP contribution in [0.2, 0.25) is 0 Å². The van der Waals surface area contributed by atoms with Crippen LogP contribution >= 0.6 is 0 Å². The summed E-state index contributed by atoms with van der Waals surface area (Å²) in [6, 6.07) is 2.64. The molecule has 1 N–H and O–H groups in total. The lowest BCUT2D eigenvalue weighted by atomic mass is 9.71. The Morgan fingerprint density at radius 1 is 1.33 bits per heavy atom. The van der Waals surface area contributed by atoms with E-state index in [1.165, 1.54) is 25.7 Å². The molecule has 2 saturated carbocycles. The van der Waals surface area contributed by atoms with E-state index < -0.39 is 5.97 Å². The third-order valence-electron chi connectivity index (χ3n) is 4.57. The highest BCUT2D eigenvalue weighted by molar-refractivity contribution is 5.71. The summed E-state index contributed by atoms with van der Waals surface area (Å²) in [5.74, 6) is -0.475. The van der Waals surface area contributed by atoms with E-state index >= 15 is 0 Å². The Morgan fingerprint density at radius 3 is 2.72 bits per heavy atom. The molecule has 3 rings (SSSR count). The van der Waals surface area contributed by atoms with Gasteiger partial charge in [0.15, 0.2) is 0 Å². The van der Waals surface area contributed by atoms with Crippen LogP contribution in [0.5, 0.6) is 0 Å². The van der Waals surface area contributed by atoms with Crippen LogP contribution in [0.1, 0.15) is 50.3 Å². The summed E-state index contributed by atoms with van der Waals surface area (Å²) in [6.07, 6.45) is 9.87. The average Bonchev–Trinajstić information content (AvgIpc) is 2.94.